The number of aromatic nitrogens is 2. The zero-order valence-corrected chi connectivity index (χ0v) is 11.9. The number of nitrogens with zero attached hydrogens (tertiary/aromatic N) is 2. The number of imide groups is 1. The summed E-state index contributed by atoms with van der Waals surface area (Å²) in [6, 6.07) is 5.38. The molecule has 3 rings (SSSR count). The third-order valence-corrected chi connectivity index (χ3v) is 4.02. The maximum absolute atomic E-state index is 11.9. The van der Waals surface area contributed by atoms with Crippen LogP contribution in [0.25, 0.3) is 10.9 Å². The van der Waals surface area contributed by atoms with Crippen molar-refractivity contribution in [3.63, 3.8) is 0 Å². The molecular formula is C13H12BrN3O2. The molecule has 0 bridgehead atoms. The zero-order valence-electron chi connectivity index (χ0n) is 10.3. The Hall–Kier alpha value is -1.69. The molecule has 1 aliphatic heterocycles. The van der Waals surface area contributed by atoms with Crippen molar-refractivity contribution in [2.45, 2.75) is 25.8 Å². The van der Waals surface area contributed by atoms with Gasteiger partial charge in [-0.2, -0.15) is 5.10 Å². The molecule has 0 spiro atoms. The summed E-state index contributed by atoms with van der Waals surface area (Å²) in [7, 11) is 0. The van der Waals surface area contributed by atoms with Gasteiger partial charge in [0.15, 0.2) is 0 Å². The molecule has 1 saturated heterocycles. The van der Waals surface area contributed by atoms with Crippen LogP contribution in [0, 0.1) is 6.92 Å². The van der Waals surface area contributed by atoms with E-state index in [2.05, 4.69) is 26.3 Å². The van der Waals surface area contributed by atoms with E-state index in [0.717, 1.165) is 21.1 Å². The molecule has 2 amide bonds. The Morgan fingerprint density at radius 2 is 2.21 bits per heavy atom. The lowest BCUT2D eigenvalue weighted by Gasteiger charge is -2.21. The molecule has 1 unspecified atom stereocenters. The van der Waals surface area contributed by atoms with Crippen molar-refractivity contribution in [2.75, 3.05) is 0 Å². The minimum atomic E-state index is -0.414. The number of amides is 2. The molecule has 1 aliphatic rings. The van der Waals surface area contributed by atoms with Crippen LogP contribution in [-0.2, 0) is 9.59 Å². The average molecular weight is 322 g/mol. The third kappa shape index (κ3) is 1.96. The van der Waals surface area contributed by atoms with E-state index >= 15 is 0 Å². The number of aryl methyl sites for hydroxylation is 1. The first-order chi connectivity index (χ1) is 9.08. The summed E-state index contributed by atoms with van der Waals surface area (Å²) in [5.41, 5.74) is 1.77. The van der Waals surface area contributed by atoms with Gasteiger partial charge in [0.2, 0.25) is 5.91 Å². The zero-order chi connectivity index (χ0) is 13.6. The van der Waals surface area contributed by atoms with Crippen LogP contribution >= 0.6 is 15.9 Å². The molecule has 5 nitrogen and oxygen atoms in total. The normalized spacial score (nSPS) is 19.8. The molecule has 6 heteroatoms. The summed E-state index contributed by atoms with van der Waals surface area (Å²) >= 11 is 3.50. The fourth-order valence-corrected chi connectivity index (χ4v) is 3.12. The number of benzene rings is 1. The molecule has 1 aromatic carbocycles. The maximum atomic E-state index is 11.9. The summed E-state index contributed by atoms with van der Waals surface area (Å²) < 4.78 is 2.68. The number of hydrogen-bond donors (Lipinski definition) is 1. The Morgan fingerprint density at radius 3 is 2.95 bits per heavy atom. The topological polar surface area (TPSA) is 64.0 Å². The molecule has 2 aromatic rings. The number of piperidine rings is 1. The van der Waals surface area contributed by atoms with Crippen molar-refractivity contribution in [2.24, 2.45) is 0 Å². The van der Waals surface area contributed by atoms with Crippen molar-refractivity contribution in [1.29, 1.82) is 0 Å². The average Bonchev–Trinajstić information content (AvgIpc) is 2.68. The summed E-state index contributed by atoms with van der Waals surface area (Å²) in [6.45, 7) is 1.91. The van der Waals surface area contributed by atoms with Gasteiger partial charge in [-0.25, -0.2) is 0 Å². The van der Waals surface area contributed by atoms with Crippen LogP contribution < -0.4 is 5.32 Å². The van der Waals surface area contributed by atoms with Gasteiger partial charge in [0.05, 0.1) is 11.2 Å². The van der Waals surface area contributed by atoms with Gasteiger partial charge in [-0.05, 0) is 25.5 Å². The summed E-state index contributed by atoms with van der Waals surface area (Å²) in [4.78, 5) is 23.1. The first kappa shape index (κ1) is 12.3. The Morgan fingerprint density at radius 1 is 1.42 bits per heavy atom. The fourth-order valence-electron chi connectivity index (χ4n) is 2.48. The number of hydrogen-bond acceptors (Lipinski definition) is 3. The monoisotopic (exact) mass is 321 g/mol. The van der Waals surface area contributed by atoms with Gasteiger partial charge in [-0.3, -0.25) is 19.6 Å². The molecular weight excluding hydrogens is 310 g/mol. The molecule has 98 valence electrons. The predicted octanol–water partition coefficient (Wildman–Crippen LogP) is 2.08. The third-order valence-electron chi connectivity index (χ3n) is 3.36. The molecule has 1 atom stereocenters. The van der Waals surface area contributed by atoms with Crippen molar-refractivity contribution in [1.82, 2.24) is 15.1 Å². The largest absolute Gasteiger partial charge is 0.295 e. The van der Waals surface area contributed by atoms with E-state index in [-0.39, 0.29) is 11.8 Å². The number of nitrogens with one attached hydrogen (secondary N) is 1. The lowest BCUT2D eigenvalue weighted by atomic mass is 10.1. The molecule has 0 radical (unpaired) electrons. The van der Waals surface area contributed by atoms with Crippen molar-refractivity contribution in [3.8, 4) is 0 Å². The molecule has 1 aromatic heterocycles. The highest BCUT2D eigenvalue weighted by atomic mass is 79.9. The first-order valence-corrected chi connectivity index (χ1v) is 6.84. The van der Waals surface area contributed by atoms with Crippen LogP contribution in [0.5, 0.6) is 0 Å². The number of rotatable bonds is 1. The van der Waals surface area contributed by atoms with Gasteiger partial charge >= 0.3 is 0 Å². The molecule has 0 aliphatic carbocycles. The van der Waals surface area contributed by atoms with Gasteiger partial charge in [-0.1, -0.05) is 22.0 Å². The van der Waals surface area contributed by atoms with Gasteiger partial charge in [-0.15, -0.1) is 0 Å². The summed E-state index contributed by atoms with van der Waals surface area (Å²) in [5.74, 6) is -0.490. The molecule has 19 heavy (non-hydrogen) atoms. The molecule has 1 N–H and O–H groups in total. The van der Waals surface area contributed by atoms with E-state index in [1.54, 1.807) is 4.68 Å². The predicted molar refractivity (Wildman–Crippen MR) is 73.6 cm³/mol. The van der Waals surface area contributed by atoms with Crippen LogP contribution in [0.15, 0.2) is 22.7 Å². The van der Waals surface area contributed by atoms with E-state index in [1.165, 1.54) is 0 Å². The van der Waals surface area contributed by atoms with E-state index in [0.29, 0.717) is 12.8 Å². The lowest BCUT2D eigenvalue weighted by molar-refractivity contribution is -0.135. The van der Waals surface area contributed by atoms with E-state index < -0.39 is 6.04 Å². The number of carbonyl (C=O) groups is 2. The minimum absolute atomic E-state index is 0.212. The highest BCUT2D eigenvalue weighted by molar-refractivity contribution is 9.10. The number of fused-ring (bicyclic) bond motifs is 1. The summed E-state index contributed by atoms with van der Waals surface area (Å²) in [5, 5.41) is 7.84. The first-order valence-electron chi connectivity index (χ1n) is 6.05. The standard InChI is InChI=1S/C13H12BrN3O2/c1-7-12-8(14)3-2-4-9(12)17(16-7)10-5-6-11(18)15-13(10)19/h2-4,10H,5-6H2,1H3,(H,15,18,19). The minimum Gasteiger partial charge on any atom is -0.295 e. The second kappa shape index (κ2) is 4.45. The van der Waals surface area contributed by atoms with Gasteiger partial charge in [0, 0.05) is 16.3 Å². The second-order valence-corrected chi connectivity index (χ2v) is 5.49. The highest BCUT2D eigenvalue weighted by Crippen LogP contribution is 2.30. The van der Waals surface area contributed by atoms with Crippen LogP contribution in [0.4, 0.5) is 0 Å². The Balaban J connectivity index is 2.13. The Kier molecular flexibility index (Phi) is 2.89. The SMILES string of the molecule is Cc1nn(C2CCC(=O)NC2=O)c2cccc(Br)c12. The quantitative estimate of drug-likeness (QED) is 0.818. The van der Waals surface area contributed by atoms with E-state index in [1.807, 2.05) is 25.1 Å². The van der Waals surface area contributed by atoms with Crippen molar-refractivity contribution >= 4 is 38.6 Å². The van der Waals surface area contributed by atoms with Gasteiger partial charge in [0.25, 0.3) is 5.91 Å². The maximum Gasteiger partial charge on any atom is 0.251 e. The van der Waals surface area contributed by atoms with Gasteiger partial charge < -0.3 is 0 Å². The lowest BCUT2D eigenvalue weighted by Crippen LogP contribution is -2.42. The van der Waals surface area contributed by atoms with Crippen molar-refractivity contribution < 1.29 is 9.59 Å². The fraction of sp³-hybridized carbons (Fsp3) is 0.308. The number of carbonyl (C=O) groups excluding carboxylic acids is 2. The van der Waals surface area contributed by atoms with Crippen LogP contribution in [0.3, 0.4) is 0 Å². The van der Waals surface area contributed by atoms with Crippen LogP contribution in [-0.4, -0.2) is 21.6 Å². The van der Waals surface area contributed by atoms with Crippen LogP contribution in [0.1, 0.15) is 24.6 Å². The van der Waals surface area contributed by atoms with Crippen molar-refractivity contribution in [3.05, 3.63) is 28.4 Å². The van der Waals surface area contributed by atoms with E-state index in [4.69, 9.17) is 0 Å². The second-order valence-electron chi connectivity index (χ2n) is 4.63. The smallest absolute Gasteiger partial charge is 0.251 e. The Bertz CT molecular complexity index is 692. The van der Waals surface area contributed by atoms with E-state index in [9.17, 15) is 9.59 Å². The van der Waals surface area contributed by atoms with Crippen LogP contribution in [0.2, 0.25) is 0 Å². The number of halogens is 1. The van der Waals surface area contributed by atoms with Gasteiger partial charge in [0.1, 0.15) is 6.04 Å². The highest BCUT2D eigenvalue weighted by Gasteiger charge is 2.30. The molecule has 0 saturated carbocycles. The Labute approximate surface area is 118 Å². The molecule has 1 fully saturated rings. The summed E-state index contributed by atoms with van der Waals surface area (Å²) in [6.07, 6.45) is 0.845. The molecule has 2 heterocycles.